The first-order chi connectivity index (χ1) is 16.2. The first-order valence-corrected chi connectivity index (χ1v) is 11.1. The molecule has 8 nitrogen and oxygen atoms in total. The number of hydrogen-bond acceptors (Lipinski definition) is 6. The molecule has 2 N–H and O–H groups in total. The molecule has 0 atom stereocenters. The minimum absolute atomic E-state index is 0.0281. The highest BCUT2D eigenvalue weighted by Gasteiger charge is 2.32. The zero-order chi connectivity index (χ0) is 24.3. The van der Waals surface area contributed by atoms with Gasteiger partial charge in [0, 0.05) is 37.3 Å². The van der Waals surface area contributed by atoms with Crippen molar-refractivity contribution in [3.05, 3.63) is 77.5 Å². The van der Waals surface area contributed by atoms with Crippen LogP contribution in [0.3, 0.4) is 0 Å². The van der Waals surface area contributed by atoms with Gasteiger partial charge in [-0.25, -0.2) is 4.79 Å². The van der Waals surface area contributed by atoms with E-state index in [0.717, 1.165) is 16.9 Å². The van der Waals surface area contributed by atoms with E-state index < -0.39 is 6.09 Å². The lowest BCUT2D eigenvalue weighted by molar-refractivity contribution is 0.0833. The second-order valence-corrected chi connectivity index (χ2v) is 8.95. The maximum Gasteiger partial charge on any atom is 0.404 e. The second kappa shape index (κ2) is 9.51. The van der Waals surface area contributed by atoms with Crippen LogP contribution in [0.25, 0.3) is 0 Å². The summed E-state index contributed by atoms with van der Waals surface area (Å²) in [7, 11) is 0. The molecule has 0 aliphatic heterocycles. The number of carboxylic acid groups (broad SMARTS) is 1. The molecule has 0 saturated heterocycles. The van der Waals surface area contributed by atoms with E-state index in [1.165, 1.54) is 6.92 Å². The minimum Gasteiger partial charge on any atom is -0.490 e. The number of ketones is 1. The van der Waals surface area contributed by atoms with Crippen LogP contribution in [0.15, 0.2) is 60.7 Å². The Kier molecular flexibility index (Phi) is 6.49. The Balaban J connectivity index is 1.36. The van der Waals surface area contributed by atoms with Crippen LogP contribution in [-0.2, 0) is 5.41 Å². The van der Waals surface area contributed by atoms with Gasteiger partial charge in [0.1, 0.15) is 23.3 Å². The first-order valence-electron chi connectivity index (χ1n) is 11.1. The molecule has 0 radical (unpaired) electrons. The minimum atomic E-state index is -0.994. The van der Waals surface area contributed by atoms with E-state index >= 15 is 0 Å². The molecule has 8 heteroatoms. The third-order valence-electron chi connectivity index (χ3n) is 6.10. The van der Waals surface area contributed by atoms with Crippen LogP contribution in [0.4, 0.5) is 4.79 Å². The van der Waals surface area contributed by atoms with E-state index in [1.807, 2.05) is 36.4 Å². The van der Waals surface area contributed by atoms with E-state index in [2.05, 4.69) is 41.5 Å². The highest BCUT2D eigenvalue weighted by atomic mass is 16.5. The van der Waals surface area contributed by atoms with Crippen LogP contribution in [0.1, 0.15) is 55.2 Å². The molecule has 1 aliphatic rings. The fraction of sp³-hybridized carbons (Fsp3) is 0.308. The van der Waals surface area contributed by atoms with Gasteiger partial charge in [-0.1, -0.05) is 38.1 Å². The van der Waals surface area contributed by atoms with Crippen LogP contribution in [0, 0.1) is 0 Å². The van der Waals surface area contributed by atoms with Gasteiger partial charge in [-0.05, 0) is 41.5 Å². The standard InChI is InChI=1S/C26H27N3O5/c1-16(30)23-12-13-24(29-28-23)34-21-10-6-18(7-11-21)26(2,3)17-4-8-20(9-5-17)33-22-14-19(15-22)27-25(31)32/h4-13,19,22,27H,14-15H2,1-3H3,(H,31,32)/t19-,22+. The maximum absolute atomic E-state index is 11.3. The summed E-state index contributed by atoms with van der Waals surface area (Å²) in [5.74, 6) is 1.59. The van der Waals surface area contributed by atoms with Crippen molar-refractivity contribution < 1.29 is 24.2 Å². The summed E-state index contributed by atoms with van der Waals surface area (Å²) in [5, 5.41) is 19.0. The van der Waals surface area contributed by atoms with Crippen molar-refractivity contribution in [2.75, 3.05) is 0 Å². The predicted octanol–water partition coefficient (Wildman–Crippen LogP) is 4.97. The number of aromatic nitrogens is 2. The number of carbonyl (C=O) groups excluding carboxylic acids is 1. The molecule has 0 unspecified atom stereocenters. The Hall–Kier alpha value is -3.94. The van der Waals surface area contributed by atoms with E-state index in [1.54, 1.807) is 12.1 Å². The maximum atomic E-state index is 11.3. The van der Waals surface area contributed by atoms with Gasteiger partial charge in [-0.15, -0.1) is 10.2 Å². The second-order valence-electron chi connectivity index (χ2n) is 8.95. The number of rotatable bonds is 8. The van der Waals surface area contributed by atoms with E-state index in [0.29, 0.717) is 30.2 Å². The van der Waals surface area contributed by atoms with Gasteiger partial charge >= 0.3 is 6.09 Å². The van der Waals surface area contributed by atoms with Crippen LogP contribution < -0.4 is 14.8 Å². The smallest absolute Gasteiger partial charge is 0.404 e. The van der Waals surface area contributed by atoms with Crippen molar-refractivity contribution in [3.63, 3.8) is 0 Å². The molecule has 1 amide bonds. The lowest BCUT2D eigenvalue weighted by Crippen LogP contribution is -2.48. The predicted molar refractivity (Wildman–Crippen MR) is 126 cm³/mol. The molecule has 0 spiro atoms. The van der Waals surface area contributed by atoms with Crippen molar-refractivity contribution in [2.24, 2.45) is 0 Å². The third kappa shape index (κ3) is 5.33. The van der Waals surface area contributed by atoms with E-state index in [4.69, 9.17) is 14.6 Å². The topological polar surface area (TPSA) is 111 Å². The number of ether oxygens (including phenoxy) is 2. The summed E-state index contributed by atoms with van der Waals surface area (Å²) in [6.07, 6.45) is 0.402. The first kappa shape index (κ1) is 23.2. The van der Waals surface area contributed by atoms with Gasteiger partial charge < -0.3 is 19.9 Å². The lowest BCUT2D eigenvalue weighted by atomic mass is 9.78. The Labute approximate surface area is 197 Å². The normalized spacial score (nSPS) is 17.4. The number of hydrogen-bond donors (Lipinski definition) is 2. The molecular weight excluding hydrogens is 434 g/mol. The Bertz CT molecular complexity index is 1150. The van der Waals surface area contributed by atoms with Gasteiger partial charge in [-0.3, -0.25) is 4.79 Å². The Morgan fingerprint density at radius 2 is 1.50 bits per heavy atom. The summed E-state index contributed by atoms with van der Waals surface area (Å²) in [4.78, 5) is 22.0. The summed E-state index contributed by atoms with van der Waals surface area (Å²) in [6.45, 7) is 5.74. The average molecular weight is 462 g/mol. The van der Waals surface area contributed by atoms with E-state index in [9.17, 15) is 9.59 Å². The quantitative estimate of drug-likeness (QED) is 0.455. The van der Waals surface area contributed by atoms with Crippen LogP contribution >= 0.6 is 0 Å². The molecule has 3 aromatic rings. The molecule has 0 bridgehead atoms. The zero-order valence-corrected chi connectivity index (χ0v) is 19.3. The Morgan fingerprint density at radius 1 is 0.912 bits per heavy atom. The average Bonchev–Trinajstić information content (AvgIpc) is 2.78. The molecule has 2 aromatic carbocycles. The molecule has 4 rings (SSSR count). The largest absolute Gasteiger partial charge is 0.490 e. The molecule has 176 valence electrons. The molecule has 1 aromatic heterocycles. The number of nitrogens with zero attached hydrogens (tertiary/aromatic N) is 2. The highest BCUT2D eigenvalue weighted by molar-refractivity contribution is 5.91. The van der Waals surface area contributed by atoms with Crippen molar-refractivity contribution in [1.82, 2.24) is 15.5 Å². The van der Waals surface area contributed by atoms with Gasteiger partial charge in [0.05, 0.1) is 0 Å². The lowest BCUT2D eigenvalue weighted by Gasteiger charge is -2.35. The number of benzene rings is 2. The summed E-state index contributed by atoms with van der Waals surface area (Å²) in [5.41, 5.74) is 2.31. The fourth-order valence-corrected chi connectivity index (χ4v) is 3.89. The fourth-order valence-electron chi connectivity index (χ4n) is 3.89. The monoisotopic (exact) mass is 461 g/mol. The van der Waals surface area contributed by atoms with E-state index in [-0.39, 0.29) is 23.3 Å². The number of amides is 1. The zero-order valence-electron chi connectivity index (χ0n) is 19.3. The third-order valence-corrected chi connectivity index (χ3v) is 6.10. The summed E-state index contributed by atoms with van der Waals surface area (Å²) >= 11 is 0. The molecule has 34 heavy (non-hydrogen) atoms. The molecule has 1 saturated carbocycles. The van der Waals surface area contributed by atoms with Gasteiger partial charge in [0.25, 0.3) is 0 Å². The van der Waals surface area contributed by atoms with Crippen LogP contribution in [0.2, 0.25) is 0 Å². The number of nitrogens with one attached hydrogen (secondary N) is 1. The van der Waals surface area contributed by atoms with Crippen molar-refractivity contribution in [1.29, 1.82) is 0 Å². The summed E-state index contributed by atoms with van der Waals surface area (Å²) < 4.78 is 11.7. The number of Topliss-reactive ketones (excluding diaryl/α,β-unsaturated/α-hetero) is 1. The number of carbonyl (C=O) groups is 2. The molecule has 1 heterocycles. The van der Waals surface area contributed by atoms with Gasteiger partial charge in [0.15, 0.2) is 5.78 Å². The van der Waals surface area contributed by atoms with Crippen LogP contribution in [0.5, 0.6) is 17.4 Å². The summed E-state index contributed by atoms with van der Waals surface area (Å²) in [6, 6.07) is 19.0. The van der Waals surface area contributed by atoms with Gasteiger partial charge in [-0.2, -0.15) is 0 Å². The van der Waals surface area contributed by atoms with Crippen molar-refractivity contribution in [2.45, 2.75) is 51.2 Å². The molecule has 1 fully saturated rings. The van der Waals surface area contributed by atoms with Crippen LogP contribution in [-0.4, -0.2) is 39.3 Å². The van der Waals surface area contributed by atoms with Crippen molar-refractivity contribution >= 4 is 11.9 Å². The van der Waals surface area contributed by atoms with Gasteiger partial charge in [0.2, 0.25) is 5.88 Å². The molecular formula is C26H27N3O5. The SMILES string of the molecule is CC(=O)c1ccc(Oc2ccc(C(C)(C)c3ccc(O[C@H]4C[C@@H](NC(=O)O)C4)cc3)cc2)nn1. The molecule has 1 aliphatic carbocycles. The Morgan fingerprint density at radius 3 is 2.00 bits per heavy atom. The highest BCUT2D eigenvalue weighted by Crippen LogP contribution is 2.34. The van der Waals surface area contributed by atoms with Crippen molar-refractivity contribution in [3.8, 4) is 17.4 Å².